The summed E-state index contributed by atoms with van der Waals surface area (Å²) in [5.74, 6) is 1.22. The number of hydrogen-bond acceptors (Lipinski definition) is 3. The number of anilines is 1. The number of hydrogen-bond donors (Lipinski definition) is 2. The predicted molar refractivity (Wildman–Crippen MR) is 76.7 cm³/mol. The van der Waals surface area contributed by atoms with Crippen LogP contribution in [0.15, 0.2) is 18.5 Å². The van der Waals surface area contributed by atoms with Crippen LogP contribution in [0.2, 0.25) is 0 Å². The summed E-state index contributed by atoms with van der Waals surface area (Å²) in [4.78, 5) is 21.2. The Bertz CT molecular complexity index is 574. The summed E-state index contributed by atoms with van der Waals surface area (Å²) in [6.45, 7) is 2.24. The van der Waals surface area contributed by atoms with Gasteiger partial charge in [-0.2, -0.15) is 0 Å². The normalized spacial score (nSPS) is 18.1. The van der Waals surface area contributed by atoms with E-state index in [-0.39, 0.29) is 5.91 Å². The SMILES string of the molecule is CCC1CCc2sc(C(=O)Nc3ncc[nH]3)cc2C1. The van der Waals surface area contributed by atoms with E-state index in [1.165, 1.54) is 23.3 Å². The molecule has 0 spiro atoms. The molecule has 2 aromatic rings. The van der Waals surface area contributed by atoms with Crippen molar-refractivity contribution in [1.29, 1.82) is 0 Å². The number of aryl methyl sites for hydroxylation is 1. The highest BCUT2D eigenvalue weighted by Gasteiger charge is 2.22. The summed E-state index contributed by atoms with van der Waals surface area (Å²) in [6.07, 6.45) is 8.04. The number of carbonyl (C=O) groups is 1. The number of fused-ring (bicyclic) bond motifs is 1. The molecule has 0 fully saturated rings. The number of amides is 1. The number of carbonyl (C=O) groups excluding carboxylic acids is 1. The van der Waals surface area contributed by atoms with E-state index in [1.807, 2.05) is 0 Å². The molecular formula is C14H17N3OS. The molecule has 0 radical (unpaired) electrons. The number of thiophene rings is 1. The molecule has 0 saturated carbocycles. The van der Waals surface area contributed by atoms with Gasteiger partial charge in [0.1, 0.15) is 0 Å². The minimum Gasteiger partial charge on any atom is -0.331 e. The number of aromatic nitrogens is 2. The molecule has 1 atom stereocenters. The second kappa shape index (κ2) is 5.17. The van der Waals surface area contributed by atoms with Crippen molar-refractivity contribution in [2.75, 3.05) is 5.32 Å². The van der Waals surface area contributed by atoms with Crippen molar-refractivity contribution in [3.05, 3.63) is 33.8 Å². The zero-order valence-corrected chi connectivity index (χ0v) is 11.7. The fourth-order valence-corrected chi connectivity index (χ4v) is 3.67. The van der Waals surface area contributed by atoms with Gasteiger partial charge in [-0.1, -0.05) is 13.3 Å². The Morgan fingerprint density at radius 3 is 3.26 bits per heavy atom. The molecule has 2 aromatic heterocycles. The van der Waals surface area contributed by atoms with Crippen molar-refractivity contribution in [2.45, 2.75) is 32.6 Å². The third-order valence-corrected chi connectivity index (χ3v) is 4.95. The van der Waals surface area contributed by atoms with Crippen LogP contribution in [0, 0.1) is 5.92 Å². The Morgan fingerprint density at radius 2 is 2.53 bits per heavy atom. The Kier molecular flexibility index (Phi) is 3.38. The molecule has 4 nitrogen and oxygen atoms in total. The zero-order valence-electron chi connectivity index (χ0n) is 10.9. The second-order valence-corrected chi connectivity index (χ2v) is 6.10. The Hall–Kier alpha value is -1.62. The van der Waals surface area contributed by atoms with Crippen LogP contribution >= 0.6 is 11.3 Å². The number of imidazole rings is 1. The van der Waals surface area contributed by atoms with Crippen molar-refractivity contribution in [3.8, 4) is 0 Å². The van der Waals surface area contributed by atoms with Gasteiger partial charge in [0.05, 0.1) is 4.88 Å². The Labute approximate surface area is 116 Å². The van der Waals surface area contributed by atoms with Crippen LogP contribution in [0.1, 0.15) is 39.9 Å². The first kappa shape index (κ1) is 12.4. The smallest absolute Gasteiger partial charge is 0.268 e. The molecule has 1 unspecified atom stereocenters. The number of H-pyrrole nitrogens is 1. The lowest BCUT2D eigenvalue weighted by atomic mass is 9.87. The lowest BCUT2D eigenvalue weighted by Gasteiger charge is -2.19. The average Bonchev–Trinajstić information content (AvgIpc) is 3.05. The van der Waals surface area contributed by atoms with Gasteiger partial charge in [-0.05, 0) is 36.8 Å². The van der Waals surface area contributed by atoms with Crippen LogP contribution in [-0.4, -0.2) is 15.9 Å². The molecule has 5 heteroatoms. The van der Waals surface area contributed by atoms with E-state index >= 15 is 0 Å². The van der Waals surface area contributed by atoms with E-state index in [1.54, 1.807) is 23.7 Å². The monoisotopic (exact) mass is 275 g/mol. The van der Waals surface area contributed by atoms with E-state index in [4.69, 9.17) is 0 Å². The van der Waals surface area contributed by atoms with Gasteiger partial charge in [-0.3, -0.25) is 10.1 Å². The van der Waals surface area contributed by atoms with Gasteiger partial charge in [0.2, 0.25) is 5.95 Å². The standard InChI is InChI=1S/C14H17N3OS/c1-2-9-3-4-11-10(7-9)8-12(19-11)13(18)17-14-15-5-6-16-14/h5-6,8-9H,2-4,7H2,1H3,(H2,15,16,17,18). The molecule has 0 bridgehead atoms. The van der Waals surface area contributed by atoms with Crippen LogP contribution in [0.3, 0.4) is 0 Å². The van der Waals surface area contributed by atoms with Crippen molar-refractivity contribution >= 4 is 23.2 Å². The van der Waals surface area contributed by atoms with Gasteiger partial charge in [-0.25, -0.2) is 4.98 Å². The molecule has 2 N–H and O–H groups in total. The van der Waals surface area contributed by atoms with E-state index in [2.05, 4.69) is 28.3 Å². The first-order valence-corrected chi connectivity index (χ1v) is 7.50. The second-order valence-electron chi connectivity index (χ2n) is 4.97. The fraction of sp³-hybridized carbons (Fsp3) is 0.429. The minimum absolute atomic E-state index is 0.0672. The van der Waals surface area contributed by atoms with Gasteiger partial charge >= 0.3 is 0 Å². The van der Waals surface area contributed by atoms with Crippen LogP contribution < -0.4 is 5.32 Å². The molecule has 0 aliphatic heterocycles. The maximum Gasteiger partial charge on any atom is 0.268 e. The first-order chi connectivity index (χ1) is 9.26. The molecule has 0 saturated heterocycles. The van der Waals surface area contributed by atoms with Crippen LogP contribution in [0.25, 0.3) is 0 Å². The molecule has 1 aliphatic rings. The summed E-state index contributed by atoms with van der Waals surface area (Å²) >= 11 is 1.62. The Morgan fingerprint density at radius 1 is 1.63 bits per heavy atom. The third kappa shape index (κ3) is 2.56. The van der Waals surface area contributed by atoms with E-state index in [0.29, 0.717) is 5.95 Å². The molecule has 1 aliphatic carbocycles. The summed E-state index contributed by atoms with van der Waals surface area (Å²) in [6, 6.07) is 2.06. The maximum absolute atomic E-state index is 12.1. The summed E-state index contributed by atoms with van der Waals surface area (Å²) in [5, 5.41) is 2.78. The molecule has 1 amide bonds. The van der Waals surface area contributed by atoms with Crippen molar-refractivity contribution in [2.24, 2.45) is 5.92 Å². The highest BCUT2D eigenvalue weighted by molar-refractivity contribution is 7.14. The molecule has 0 aromatic carbocycles. The van der Waals surface area contributed by atoms with Gasteiger partial charge in [0.15, 0.2) is 0 Å². The maximum atomic E-state index is 12.1. The van der Waals surface area contributed by atoms with Gasteiger partial charge < -0.3 is 4.98 Å². The zero-order chi connectivity index (χ0) is 13.2. The summed E-state index contributed by atoms with van der Waals surface area (Å²) in [5.41, 5.74) is 1.37. The van der Waals surface area contributed by atoms with Crippen molar-refractivity contribution in [3.63, 3.8) is 0 Å². The molecule has 19 heavy (non-hydrogen) atoms. The number of nitrogens with one attached hydrogen (secondary N) is 2. The lowest BCUT2D eigenvalue weighted by molar-refractivity contribution is 0.102. The minimum atomic E-state index is -0.0672. The molecular weight excluding hydrogens is 258 g/mol. The highest BCUT2D eigenvalue weighted by Crippen LogP contribution is 2.33. The average molecular weight is 275 g/mol. The number of nitrogens with zero attached hydrogens (tertiary/aromatic N) is 1. The Balaban J connectivity index is 1.76. The van der Waals surface area contributed by atoms with Gasteiger partial charge in [-0.15, -0.1) is 11.3 Å². The molecule has 2 heterocycles. The van der Waals surface area contributed by atoms with Crippen molar-refractivity contribution in [1.82, 2.24) is 9.97 Å². The van der Waals surface area contributed by atoms with E-state index in [0.717, 1.165) is 23.6 Å². The van der Waals surface area contributed by atoms with E-state index < -0.39 is 0 Å². The van der Waals surface area contributed by atoms with Crippen LogP contribution in [0.4, 0.5) is 5.95 Å². The van der Waals surface area contributed by atoms with Crippen LogP contribution in [-0.2, 0) is 12.8 Å². The van der Waals surface area contributed by atoms with Gasteiger partial charge in [0, 0.05) is 17.3 Å². The van der Waals surface area contributed by atoms with Crippen molar-refractivity contribution < 1.29 is 4.79 Å². The highest BCUT2D eigenvalue weighted by atomic mass is 32.1. The first-order valence-electron chi connectivity index (χ1n) is 6.68. The van der Waals surface area contributed by atoms with E-state index in [9.17, 15) is 4.79 Å². The lowest BCUT2D eigenvalue weighted by Crippen LogP contribution is -2.11. The largest absolute Gasteiger partial charge is 0.331 e. The summed E-state index contributed by atoms with van der Waals surface area (Å²) < 4.78 is 0. The molecule has 100 valence electrons. The third-order valence-electron chi connectivity index (χ3n) is 3.72. The number of rotatable bonds is 3. The predicted octanol–water partition coefficient (Wildman–Crippen LogP) is 3.24. The molecule has 3 rings (SSSR count). The van der Waals surface area contributed by atoms with Crippen LogP contribution in [0.5, 0.6) is 0 Å². The topological polar surface area (TPSA) is 57.8 Å². The fourth-order valence-electron chi connectivity index (χ4n) is 2.56. The van der Waals surface area contributed by atoms with Gasteiger partial charge in [0.25, 0.3) is 5.91 Å². The summed E-state index contributed by atoms with van der Waals surface area (Å²) in [7, 11) is 0. The number of aromatic amines is 1. The quantitative estimate of drug-likeness (QED) is 0.903.